The molecule has 36 heavy (non-hydrogen) atoms. The summed E-state index contributed by atoms with van der Waals surface area (Å²) in [6.07, 6.45) is -1.51. The van der Waals surface area contributed by atoms with Crippen LogP contribution in [-0.2, 0) is 18.5 Å². The summed E-state index contributed by atoms with van der Waals surface area (Å²) in [6, 6.07) is 3.34. The Morgan fingerprint density at radius 2 is 1.81 bits per heavy atom. The summed E-state index contributed by atoms with van der Waals surface area (Å²) in [4.78, 5) is 25.2. The molecule has 4 rings (SSSR count). The zero-order chi connectivity index (χ0) is 26.8. The van der Waals surface area contributed by atoms with Crippen LogP contribution in [0.3, 0.4) is 0 Å². The number of halogens is 5. The maximum Gasteiger partial charge on any atom is 0.303 e. The van der Waals surface area contributed by atoms with E-state index >= 15 is 4.39 Å². The normalized spacial score (nSPS) is 16.4. The van der Waals surface area contributed by atoms with Crippen LogP contribution in [0.1, 0.15) is 50.8 Å². The quantitative estimate of drug-likeness (QED) is 0.467. The Morgan fingerprint density at radius 1 is 1.17 bits per heavy atom. The van der Waals surface area contributed by atoms with Gasteiger partial charge in [0.15, 0.2) is 5.82 Å². The van der Waals surface area contributed by atoms with Crippen LogP contribution in [0.2, 0.25) is 0 Å². The SMILES string of the molecule is CC(Nc1nn(C)c(=O)c2cc(=O)n(C3(C(F)F)CC3)cc12)c1cccc(C(F)(F)C(C)(C)O)c1F. The van der Waals surface area contributed by atoms with E-state index in [1.807, 2.05) is 0 Å². The smallest absolute Gasteiger partial charge is 0.303 e. The molecule has 0 spiro atoms. The Bertz CT molecular complexity index is 1460. The maximum atomic E-state index is 15.2. The molecule has 2 aromatic heterocycles. The van der Waals surface area contributed by atoms with Crippen molar-refractivity contribution in [1.82, 2.24) is 14.3 Å². The number of rotatable bonds is 7. The van der Waals surface area contributed by atoms with Crippen molar-refractivity contribution in [3.8, 4) is 0 Å². The van der Waals surface area contributed by atoms with Crippen LogP contribution in [0.25, 0.3) is 10.8 Å². The zero-order valence-corrected chi connectivity index (χ0v) is 20.0. The fourth-order valence-electron chi connectivity index (χ4n) is 4.21. The standard InChI is InChI=1S/C24H25F5N4O3/c1-12(13-6-5-7-16(18(13)25)24(28,29)22(2,3)36)30-19-15-11-33(23(8-9-23)21(26)27)17(34)10-14(15)20(35)32(4)31-19/h5-7,10-12,21,36H,8-9H2,1-4H3,(H,30,31). The lowest BCUT2D eigenvalue weighted by Crippen LogP contribution is -2.41. The molecule has 1 aliphatic carbocycles. The monoisotopic (exact) mass is 512 g/mol. The molecule has 194 valence electrons. The first-order valence-corrected chi connectivity index (χ1v) is 11.2. The van der Waals surface area contributed by atoms with Gasteiger partial charge in [0.05, 0.1) is 17.0 Å². The number of hydrogen-bond donors (Lipinski definition) is 2. The van der Waals surface area contributed by atoms with Crippen molar-refractivity contribution in [2.24, 2.45) is 7.05 Å². The number of fused-ring (bicyclic) bond motifs is 1. The van der Waals surface area contributed by atoms with Gasteiger partial charge >= 0.3 is 5.92 Å². The number of hydrogen-bond acceptors (Lipinski definition) is 5. The molecule has 2 heterocycles. The molecule has 1 fully saturated rings. The van der Waals surface area contributed by atoms with Crippen molar-refractivity contribution in [2.75, 3.05) is 5.32 Å². The summed E-state index contributed by atoms with van der Waals surface area (Å²) < 4.78 is 73.9. The summed E-state index contributed by atoms with van der Waals surface area (Å²) in [7, 11) is 1.32. The van der Waals surface area contributed by atoms with Gasteiger partial charge in [0.1, 0.15) is 17.0 Å². The second-order valence-corrected chi connectivity index (χ2v) is 9.70. The number of aromatic nitrogens is 3. The molecule has 1 aliphatic rings. The largest absolute Gasteiger partial charge is 0.384 e. The van der Waals surface area contributed by atoms with Gasteiger partial charge in [-0.2, -0.15) is 13.9 Å². The molecule has 0 saturated heterocycles. The lowest BCUT2D eigenvalue weighted by Gasteiger charge is -2.30. The molecule has 0 amide bonds. The highest BCUT2D eigenvalue weighted by atomic mass is 19.3. The first-order valence-electron chi connectivity index (χ1n) is 11.2. The van der Waals surface area contributed by atoms with Crippen molar-refractivity contribution in [3.05, 3.63) is 68.1 Å². The van der Waals surface area contributed by atoms with E-state index in [9.17, 15) is 32.3 Å². The highest BCUT2D eigenvalue weighted by molar-refractivity contribution is 5.90. The number of anilines is 1. The van der Waals surface area contributed by atoms with E-state index in [4.69, 9.17) is 0 Å². The number of pyridine rings is 1. The lowest BCUT2D eigenvalue weighted by molar-refractivity contribution is -0.170. The molecule has 2 N–H and O–H groups in total. The van der Waals surface area contributed by atoms with Crippen molar-refractivity contribution in [2.45, 2.75) is 63.1 Å². The number of nitrogens with one attached hydrogen (secondary N) is 1. The van der Waals surface area contributed by atoms with Crippen LogP contribution < -0.4 is 16.4 Å². The third kappa shape index (κ3) is 3.97. The van der Waals surface area contributed by atoms with Crippen molar-refractivity contribution in [1.29, 1.82) is 0 Å². The molecular formula is C24H25F5N4O3. The first-order chi connectivity index (χ1) is 16.6. The summed E-state index contributed by atoms with van der Waals surface area (Å²) in [5.74, 6) is -5.18. The summed E-state index contributed by atoms with van der Waals surface area (Å²) >= 11 is 0. The van der Waals surface area contributed by atoms with Gasteiger partial charge in [-0.05, 0) is 39.7 Å². The molecule has 7 nitrogen and oxygen atoms in total. The molecule has 1 aromatic carbocycles. The number of aryl methyl sites for hydroxylation is 1. The molecular weight excluding hydrogens is 487 g/mol. The van der Waals surface area contributed by atoms with Crippen LogP contribution in [0.15, 0.2) is 40.1 Å². The molecule has 3 aromatic rings. The summed E-state index contributed by atoms with van der Waals surface area (Å²) in [5.41, 5.74) is -6.80. The maximum absolute atomic E-state index is 15.2. The van der Waals surface area contributed by atoms with Crippen LogP contribution >= 0.6 is 0 Å². The summed E-state index contributed by atoms with van der Waals surface area (Å²) in [5, 5.41) is 16.8. The van der Waals surface area contributed by atoms with E-state index in [1.165, 1.54) is 26.1 Å². The van der Waals surface area contributed by atoms with Crippen LogP contribution in [0.5, 0.6) is 0 Å². The van der Waals surface area contributed by atoms with Gasteiger partial charge in [-0.15, -0.1) is 0 Å². The van der Waals surface area contributed by atoms with Crippen molar-refractivity contribution >= 4 is 16.6 Å². The highest BCUT2D eigenvalue weighted by Crippen LogP contribution is 2.48. The number of aliphatic hydroxyl groups is 1. The van der Waals surface area contributed by atoms with E-state index in [0.29, 0.717) is 0 Å². The van der Waals surface area contributed by atoms with Gasteiger partial charge in [0.2, 0.25) is 0 Å². The predicted molar refractivity (Wildman–Crippen MR) is 123 cm³/mol. The molecule has 12 heteroatoms. The Labute approximate surface area is 202 Å². The van der Waals surface area contributed by atoms with Crippen LogP contribution in [-0.4, -0.2) is 31.5 Å². The molecule has 0 aliphatic heterocycles. The number of benzene rings is 1. The van der Waals surface area contributed by atoms with Gasteiger partial charge in [-0.1, -0.05) is 12.1 Å². The minimum Gasteiger partial charge on any atom is -0.384 e. The van der Waals surface area contributed by atoms with Gasteiger partial charge in [0, 0.05) is 30.3 Å². The van der Waals surface area contributed by atoms with Gasteiger partial charge in [-0.3, -0.25) is 9.59 Å². The van der Waals surface area contributed by atoms with E-state index in [0.717, 1.165) is 41.4 Å². The third-order valence-electron chi connectivity index (χ3n) is 6.69. The second kappa shape index (κ2) is 8.39. The predicted octanol–water partition coefficient (Wildman–Crippen LogP) is 4.02. The Hall–Kier alpha value is -3.28. The molecule has 1 atom stereocenters. The molecule has 1 saturated carbocycles. The van der Waals surface area contributed by atoms with Crippen molar-refractivity contribution < 1.29 is 27.1 Å². The van der Waals surface area contributed by atoms with Gasteiger partial charge in [0.25, 0.3) is 17.5 Å². The third-order valence-corrected chi connectivity index (χ3v) is 6.69. The van der Waals surface area contributed by atoms with Crippen LogP contribution in [0, 0.1) is 5.82 Å². The molecule has 0 bridgehead atoms. The fourth-order valence-corrected chi connectivity index (χ4v) is 4.21. The van der Waals surface area contributed by atoms with Gasteiger partial charge < -0.3 is 15.0 Å². The summed E-state index contributed by atoms with van der Waals surface area (Å²) in [6.45, 7) is 3.19. The van der Waals surface area contributed by atoms with Gasteiger partial charge in [-0.25, -0.2) is 17.9 Å². The Kier molecular flexibility index (Phi) is 6.02. The minimum atomic E-state index is -3.90. The average Bonchev–Trinajstić information content (AvgIpc) is 3.58. The average molecular weight is 512 g/mol. The minimum absolute atomic E-state index is 0.0301. The topological polar surface area (TPSA) is 89.2 Å². The zero-order valence-electron chi connectivity index (χ0n) is 20.0. The second-order valence-electron chi connectivity index (χ2n) is 9.70. The fraction of sp³-hybridized carbons (Fsp3) is 0.458. The Balaban J connectivity index is 1.82. The number of nitrogens with zero attached hydrogens (tertiary/aromatic N) is 3. The van der Waals surface area contributed by atoms with Crippen molar-refractivity contribution in [3.63, 3.8) is 0 Å². The number of alkyl halides is 4. The molecule has 1 unspecified atom stereocenters. The lowest BCUT2D eigenvalue weighted by atomic mass is 9.91. The Morgan fingerprint density at radius 3 is 2.36 bits per heavy atom. The molecule has 0 radical (unpaired) electrons. The van der Waals surface area contributed by atoms with E-state index < -0.39 is 52.0 Å². The van der Waals surface area contributed by atoms with Crippen LogP contribution in [0.4, 0.5) is 27.8 Å². The van der Waals surface area contributed by atoms with E-state index in [-0.39, 0.29) is 35.0 Å². The van der Waals surface area contributed by atoms with E-state index in [2.05, 4.69) is 10.4 Å². The first kappa shape index (κ1) is 25.8. The van der Waals surface area contributed by atoms with E-state index in [1.54, 1.807) is 0 Å². The highest BCUT2D eigenvalue weighted by Gasteiger charge is 2.53.